The molecule has 1 N–H and O–H groups in total. The van der Waals surface area contributed by atoms with Crippen molar-refractivity contribution >= 4 is 18.0 Å². The van der Waals surface area contributed by atoms with Crippen LogP contribution in [-0.4, -0.2) is 28.0 Å². The van der Waals surface area contributed by atoms with Crippen LogP contribution in [0.2, 0.25) is 0 Å². The molecule has 0 saturated carbocycles. The third-order valence-electron chi connectivity index (χ3n) is 3.96. The summed E-state index contributed by atoms with van der Waals surface area (Å²) in [6.07, 6.45) is 5.16. The Balaban J connectivity index is 1.98. The van der Waals surface area contributed by atoms with Crippen LogP contribution < -0.4 is 5.32 Å². The van der Waals surface area contributed by atoms with Crippen molar-refractivity contribution in [1.82, 2.24) is 14.8 Å². The maximum Gasteiger partial charge on any atom is 0.329 e. The Hall–Kier alpha value is -3.08. The lowest BCUT2D eigenvalue weighted by atomic mass is 10.1. The first kappa shape index (κ1) is 15.8. The molecule has 1 fully saturated rings. The Kier molecular flexibility index (Phi) is 4.08. The second-order valence-corrected chi connectivity index (χ2v) is 5.79. The molecule has 0 spiro atoms. The zero-order chi connectivity index (χ0) is 17.3. The molecular formula is C19H19N3O2. The zero-order valence-electron chi connectivity index (χ0n) is 13.7. The van der Waals surface area contributed by atoms with Crippen molar-refractivity contribution in [2.75, 3.05) is 6.54 Å². The second kappa shape index (κ2) is 6.20. The van der Waals surface area contributed by atoms with Gasteiger partial charge in [-0.25, -0.2) is 4.79 Å². The Morgan fingerprint density at radius 1 is 1.21 bits per heavy atom. The van der Waals surface area contributed by atoms with Gasteiger partial charge in [0.15, 0.2) is 0 Å². The van der Waals surface area contributed by atoms with Crippen molar-refractivity contribution in [3.8, 4) is 5.69 Å². The average Bonchev–Trinajstić information content (AvgIpc) is 3.08. The van der Waals surface area contributed by atoms with Gasteiger partial charge in [-0.05, 0) is 43.7 Å². The number of imide groups is 1. The van der Waals surface area contributed by atoms with E-state index in [1.54, 1.807) is 6.08 Å². The fourth-order valence-corrected chi connectivity index (χ4v) is 2.82. The van der Waals surface area contributed by atoms with E-state index in [2.05, 4.69) is 24.9 Å². The van der Waals surface area contributed by atoms with E-state index in [-0.39, 0.29) is 18.1 Å². The van der Waals surface area contributed by atoms with Crippen LogP contribution in [0.5, 0.6) is 0 Å². The summed E-state index contributed by atoms with van der Waals surface area (Å²) < 4.78 is 2.00. The highest BCUT2D eigenvalue weighted by molar-refractivity contribution is 6.14. The number of hydrogen-bond acceptors (Lipinski definition) is 2. The normalized spacial score (nSPS) is 15.9. The van der Waals surface area contributed by atoms with Crippen molar-refractivity contribution < 1.29 is 9.59 Å². The highest BCUT2D eigenvalue weighted by Gasteiger charge is 2.32. The van der Waals surface area contributed by atoms with E-state index in [0.29, 0.717) is 0 Å². The van der Waals surface area contributed by atoms with Gasteiger partial charge in [-0.3, -0.25) is 9.69 Å². The highest BCUT2D eigenvalue weighted by atomic mass is 16.2. The number of aromatic nitrogens is 1. The van der Waals surface area contributed by atoms with Crippen molar-refractivity contribution in [3.05, 3.63) is 71.7 Å². The summed E-state index contributed by atoms with van der Waals surface area (Å²) >= 11 is 0. The minimum atomic E-state index is -0.421. The number of urea groups is 1. The van der Waals surface area contributed by atoms with E-state index in [9.17, 15) is 9.59 Å². The van der Waals surface area contributed by atoms with Gasteiger partial charge in [0, 0.05) is 24.1 Å². The SMILES string of the molecule is C=CCN1C(=O)N/C(=C/c2cccn2-c2ccc(C)cc2C)C1=O. The molecule has 122 valence electrons. The quantitative estimate of drug-likeness (QED) is 0.534. The van der Waals surface area contributed by atoms with E-state index in [0.717, 1.165) is 21.8 Å². The van der Waals surface area contributed by atoms with Crippen LogP contribution >= 0.6 is 0 Å². The maximum atomic E-state index is 12.3. The summed E-state index contributed by atoms with van der Waals surface area (Å²) in [7, 11) is 0. The molecule has 0 atom stereocenters. The van der Waals surface area contributed by atoms with Gasteiger partial charge >= 0.3 is 6.03 Å². The number of carbonyl (C=O) groups excluding carboxylic acids is 2. The molecule has 0 radical (unpaired) electrons. The molecule has 5 heteroatoms. The van der Waals surface area contributed by atoms with Crippen molar-refractivity contribution in [1.29, 1.82) is 0 Å². The van der Waals surface area contributed by atoms with Crippen LogP contribution in [-0.2, 0) is 4.79 Å². The summed E-state index contributed by atoms with van der Waals surface area (Å²) in [6.45, 7) is 7.86. The molecule has 5 nitrogen and oxygen atoms in total. The number of nitrogens with one attached hydrogen (secondary N) is 1. The maximum absolute atomic E-state index is 12.3. The lowest BCUT2D eigenvalue weighted by molar-refractivity contribution is -0.122. The largest absolute Gasteiger partial charge is 0.329 e. The topological polar surface area (TPSA) is 54.3 Å². The molecule has 0 bridgehead atoms. The summed E-state index contributed by atoms with van der Waals surface area (Å²) in [5, 5.41) is 2.62. The molecule has 24 heavy (non-hydrogen) atoms. The molecule has 3 rings (SSSR count). The molecule has 1 aliphatic rings. The van der Waals surface area contributed by atoms with E-state index < -0.39 is 6.03 Å². The monoisotopic (exact) mass is 321 g/mol. The molecule has 1 aliphatic heterocycles. The van der Waals surface area contributed by atoms with Gasteiger partial charge in [0.1, 0.15) is 5.70 Å². The van der Waals surface area contributed by atoms with E-state index in [1.807, 2.05) is 42.0 Å². The predicted octanol–water partition coefficient (Wildman–Crippen LogP) is 3.17. The van der Waals surface area contributed by atoms with Crippen LogP contribution in [0, 0.1) is 13.8 Å². The summed E-state index contributed by atoms with van der Waals surface area (Å²) in [5.41, 5.74) is 4.47. The fraction of sp³-hybridized carbons (Fsp3) is 0.158. The summed E-state index contributed by atoms with van der Waals surface area (Å²) in [4.78, 5) is 25.3. The standard InChI is InChI=1S/C19H19N3O2/c1-4-9-22-18(23)16(20-19(22)24)12-15-6-5-10-21(15)17-8-7-13(2)11-14(17)3/h4-8,10-12H,1,9H2,2-3H3,(H,20,24)/b16-12+. The number of aryl methyl sites for hydroxylation is 2. The Morgan fingerprint density at radius 2 is 2.00 bits per heavy atom. The number of hydrogen-bond donors (Lipinski definition) is 1. The number of amides is 3. The molecule has 0 unspecified atom stereocenters. The van der Waals surface area contributed by atoms with Crippen molar-refractivity contribution in [2.24, 2.45) is 0 Å². The highest BCUT2D eigenvalue weighted by Crippen LogP contribution is 2.21. The number of rotatable bonds is 4. The van der Waals surface area contributed by atoms with Crippen molar-refractivity contribution in [2.45, 2.75) is 13.8 Å². The van der Waals surface area contributed by atoms with Crippen LogP contribution in [0.25, 0.3) is 11.8 Å². The molecule has 3 amide bonds. The van der Waals surface area contributed by atoms with Gasteiger partial charge in [-0.15, -0.1) is 6.58 Å². The Bertz CT molecular complexity index is 861. The molecule has 1 aromatic carbocycles. The molecule has 1 saturated heterocycles. The molecule has 2 aromatic rings. The minimum Gasteiger partial charge on any atom is -0.317 e. The minimum absolute atomic E-state index is 0.195. The van der Waals surface area contributed by atoms with Crippen LogP contribution in [0.4, 0.5) is 4.79 Å². The third-order valence-corrected chi connectivity index (χ3v) is 3.96. The van der Waals surface area contributed by atoms with Gasteiger partial charge in [0.05, 0.1) is 0 Å². The van der Waals surface area contributed by atoms with E-state index >= 15 is 0 Å². The first-order valence-electron chi connectivity index (χ1n) is 7.71. The van der Waals surface area contributed by atoms with Gasteiger partial charge < -0.3 is 9.88 Å². The molecule has 0 aliphatic carbocycles. The average molecular weight is 321 g/mol. The lowest BCUT2D eigenvalue weighted by Gasteiger charge is -2.11. The number of carbonyl (C=O) groups is 2. The Morgan fingerprint density at radius 3 is 2.71 bits per heavy atom. The van der Waals surface area contributed by atoms with Gasteiger partial charge in [0.2, 0.25) is 0 Å². The molecular weight excluding hydrogens is 302 g/mol. The van der Waals surface area contributed by atoms with Gasteiger partial charge in [0.25, 0.3) is 5.91 Å². The van der Waals surface area contributed by atoms with E-state index in [1.165, 1.54) is 11.6 Å². The number of benzene rings is 1. The van der Waals surface area contributed by atoms with Gasteiger partial charge in [-0.1, -0.05) is 23.8 Å². The molecule has 1 aromatic heterocycles. The lowest BCUT2D eigenvalue weighted by Crippen LogP contribution is -2.30. The summed E-state index contributed by atoms with van der Waals surface area (Å²) in [6, 6.07) is 9.60. The smallest absolute Gasteiger partial charge is 0.317 e. The first-order chi connectivity index (χ1) is 11.5. The first-order valence-corrected chi connectivity index (χ1v) is 7.71. The predicted molar refractivity (Wildman–Crippen MR) is 93.7 cm³/mol. The molecule has 2 heterocycles. The third kappa shape index (κ3) is 2.76. The van der Waals surface area contributed by atoms with Crippen molar-refractivity contribution in [3.63, 3.8) is 0 Å². The van der Waals surface area contributed by atoms with Gasteiger partial charge in [-0.2, -0.15) is 0 Å². The van der Waals surface area contributed by atoms with Crippen LogP contribution in [0.3, 0.4) is 0 Å². The zero-order valence-corrected chi connectivity index (χ0v) is 13.7. The second-order valence-electron chi connectivity index (χ2n) is 5.79. The number of nitrogens with zero attached hydrogens (tertiary/aromatic N) is 2. The summed E-state index contributed by atoms with van der Waals surface area (Å²) in [5.74, 6) is -0.340. The Labute approximate surface area is 140 Å². The van der Waals surface area contributed by atoms with E-state index in [4.69, 9.17) is 0 Å². The fourth-order valence-electron chi connectivity index (χ4n) is 2.82. The van der Waals surface area contributed by atoms with Crippen LogP contribution in [0.1, 0.15) is 16.8 Å². The van der Waals surface area contributed by atoms with Crippen LogP contribution in [0.15, 0.2) is 54.9 Å².